The van der Waals surface area contributed by atoms with E-state index < -0.39 is 0 Å². The van der Waals surface area contributed by atoms with Crippen molar-refractivity contribution in [2.75, 3.05) is 0 Å². The summed E-state index contributed by atoms with van der Waals surface area (Å²) >= 11 is 0. The highest BCUT2D eigenvalue weighted by Gasteiger charge is 2.19. The maximum Gasteiger partial charge on any atom is 0.189 e. The van der Waals surface area contributed by atoms with Crippen LogP contribution in [0.4, 0.5) is 11.5 Å². The van der Waals surface area contributed by atoms with Crippen LogP contribution in [0.25, 0.3) is 28.2 Å². The molecule has 144 valence electrons. The van der Waals surface area contributed by atoms with Crippen molar-refractivity contribution in [3.63, 3.8) is 0 Å². The van der Waals surface area contributed by atoms with E-state index in [9.17, 15) is 5.26 Å². The van der Waals surface area contributed by atoms with Gasteiger partial charge in [0.05, 0.1) is 0 Å². The van der Waals surface area contributed by atoms with Crippen molar-refractivity contribution < 1.29 is 0 Å². The van der Waals surface area contributed by atoms with E-state index in [1.807, 2.05) is 67.6 Å². The molecule has 2 N–H and O–H groups in total. The molecule has 0 bridgehead atoms. The van der Waals surface area contributed by atoms with E-state index in [1.165, 1.54) is 4.63 Å². The van der Waals surface area contributed by atoms with Crippen LogP contribution in [0.1, 0.15) is 11.4 Å². The van der Waals surface area contributed by atoms with Crippen molar-refractivity contribution in [3.05, 3.63) is 72.1 Å². The lowest BCUT2D eigenvalue weighted by molar-refractivity contribution is 0.809. The zero-order chi connectivity index (χ0) is 20.5. The average Bonchev–Trinajstić information content (AvgIpc) is 3.45. The number of benzene rings is 2. The van der Waals surface area contributed by atoms with Crippen molar-refractivity contribution in [2.45, 2.75) is 6.92 Å². The lowest BCUT2D eigenvalue weighted by Gasteiger charge is -1.97. The molecule has 3 heterocycles. The highest BCUT2D eigenvalue weighted by Crippen LogP contribution is 2.35. The van der Waals surface area contributed by atoms with Crippen LogP contribution < -0.4 is 0 Å². The van der Waals surface area contributed by atoms with Crippen LogP contribution in [-0.4, -0.2) is 30.0 Å². The summed E-state index contributed by atoms with van der Waals surface area (Å²) in [5.74, 6) is 0.991. The number of aromatic amines is 2. The molecule has 0 radical (unpaired) electrons. The van der Waals surface area contributed by atoms with E-state index in [1.54, 1.807) is 0 Å². The van der Waals surface area contributed by atoms with Crippen LogP contribution in [0.15, 0.2) is 70.9 Å². The van der Waals surface area contributed by atoms with Gasteiger partial charge in [-0.05, 0) is 6.92 Å². The number of nitriles is 1. The maximum atomic E-state index is 9.67. The summed E-state index contributed by atoms with van der Waals surface area (Å²) in [5.41, 5.74) is 4.37. The van der Waals surface area contributed by atoms with Gasteiger partial charge in [0.15, 0.2) is 17.2 Å². The Kier molecular flexibility index (Phi) is 4.15. The van der Waals surface area contributed by atoms with E-state index in [0.29, 0.717) is 34.1 Å². The van der Waals surface area contributed by atoms with Crippen molar-refractivity contribution >= 4 is 17.2 Å². The number of aryl methyl sites for hydroxylation is 1. The number of hydrogen-bond donors (Lipinski definition) is 2. The standard InChI is InChI=1S/C21H15N9/c1-13-23-21-19(18(29-30(21)28-13)15-10-6-3-7-11-15)25-27-20-16(12-22)17(24-26-20)14-8-4-2-5-9-14/h2-11H,1H3,(H,23,28)(H,24,26). The molecule has 0 aliphatic carbocycles. The Bertz CT molecular complexity index is 1400. The maximum absolute atomic E-state index is 9.67. The molecular weight excluding hydrogens is 378 g/mol. The number of H-pyrrole nitrogens is 2. The number of nitrogens with one attached hydrogen (secondary N) is 2. The molecule has 2 aromatic carbocycles. The molecular formula is C21H15N9. The first-order valence-corrected chi connectivity index (χ1v) is 9.21. The van der Waals surface area contributed by atoms with Crippen molar-refractivity contribution in [1.82, 2.24) is 30.0 Å². The summed E-state index contributed by atoms with van der Waals surface area (Å²) in [6, 6.07) is 21.3. The molecule has 30 heavy (non-hydrogen) atoms. The van der Waals surface area contributed by atoms with Gasteiger partial charge in [-0.3, -0.25) is 5.10 Å². The van der Waals surface area contributed by atoms with Gasteiger partial charge in [-0.1, -0.05) is 60.7 Å². The number of fused-ring (bicyclic) bond motifs is 1. The van der Waals surface area contributed by atoms with E-state index in [4.69, 9.17) is 0 Å². The van der Waals surface area contributed by atoms with Gasteiger partial charge in [-0.15, -0.1) is 25.1 Å². The Balaban J connectivity index is 1.61. The lowest BCUT2D eigenvalue weighted by Crippen LogP contribution is -1.87. The third kappa shape index (κ3) is 2.93. The molecule has 0 aliphatic heterocycles. The minimum absolute atomic E-state index is 0.283. The summed E-state index contributed by atoms with van der Waals surface area (Å²) in [6.45, 7) is 1.84. The first-order chi connectivity index (χ1) is 14.7. The molecule has 0 aliphatic rings. The fourth-order valence-corrected chi connectivity index (χ4v) is 3.22. The predicted molar refractivity (Wildman–Crippen MR) is 110 cm³/mol. The Morgan fingerprint density at radius 1 is 0.900 bits per heavy atom. The molecule has 0 saturated carbocycles. The topological polar surface area (TPSA) is 123 Å². The molecule has 3 aromatic heterocycles. The second kappa shape index (κ2) is 7.10. The Morgan fingerprint density at radius 3 is 2.23 bits per heavy atom. The second-order valence-electron chi connectivity index (χ2n) is 6.59. The van der Waals surface area contributed by atoms with Gasteiger partial charge >= 0.3 is 0 Å². The van der Waals surface area contributed by atoms with E-state index >= 15 is 0 Å². The van der Waals surface area contributed by atoms with Crippen LogP contribution in [0, 0.1) is 18.3 Å². The van der Waals surface area contributed by atoms with Crippen molar-refractivity contribution in [3.8, 4) is 28.6 Å². The fourth-order valence-electron chi connectivity index (χ4n) is 3.22. The smallest absolute Gasteiger partial charge is 0.189 e. The number of rotatable bonds is 4. The van der Waals surface area contributed by atoms with Crippen LogP contribution in [0.3, 0.4) is 0 Å². The van der Waals surface area contributed by atoms with Gasteiger partial charge in [0, 0.05) is 11.1 Å². The van der Waals surface area contributed by atoms with Gasteiger partial charge in [0.1, 0.15) is 28.8 Å². The van der Waals surface area contributed by atoms with Crippen LogP contribution in [0.5, 0.6) is 0 Å². The summed E-state index contributed by atoms with van der Waals surface area (Å²) in [4.78, 5) is 3.16. The molecule has 5 rings (SSSR count). The summed E-state index contributed by atoms with van der Waals surface area (Å²) in [6.07, 6.45) is 0. The highest BCUT2D eigenvalue weighted by molar-refractivity contribution is 5.82. The average molecular weight is 393 g/mol. The number of hydrogen-bond acceptors (Lipinski definition) is 6. The largest absolute Gasteiger partial charge is 0.324 e. The quantitative estimate of drug-likeness (QED) is 0.429. The second-order valence-corrected chi connectivity index (χ2v) is 6.59. The van der Waals surface area contributed by atoms with E-state index in [-0.39, 0.29) is 5.82 Å². The Morgan fingerprint density at radius 2 is 1.57 bits per heavy atom. The van der Waals surface area contributed by atoms with E-state index in [0.717, 1.165) is 11.1 Å². The van der Waals surface area contributed by atoms with Gasteiger partial charge in [0.2, 0.25) is 0 Å². The van der Waals surface area contributed by atoms with Gasteiger partial charge in [-0.25, -0.2) is 0 Å². The molecule has 9 nitrogen and oxygen atoms in total. The van der Waals surface area contributed by atoms with E-state index in [2.05, 4.69) is 41.7 Å². The van der Waals surface area contributed by atoms with Crippen molar-refractivity contribution in [2.24, 2.45) is 10.2 Å². The predicted octanol–water partition coefficient (Wildman–Crippen LogP) is 4.71. The van der Waals surface area contributed by atoms with Crippen molar-refractivity contribution in [1.29, 1.82) is 5.26 Å². The van der Waals surface area contributed by atoms with Crippen LogP contribution in [0.2, 0.25) is 0 Å². The number of aromatic nitrogens is 6. The normalized spacial score (nSPS) is 11.3. The third-order valence-corrected chi connectivity index (χ3v) is 4.59. The molecule has 0 saturated heterocycles. The summed E-state index contributed by atoms with van der Waals surface area (Å²) in [5, 5.41) is 34.3. The van der Waals surface area contributed by atoms with Crippen LogP contribution >= 0.6 is 0 Å². The molecule has 0 unspecified atom stereocenters. The van der Waals surface area contributed by atoms with Gasteiger partial charge < -0.3 is 4.98 Å². The lowest BCUT2D eigenvalue weighted by atomic mass is 10.1. The summed E-state index contributed by atoms with van der Waals surface area (Å²) in [7, 11) is 0. The van der Waals surface area contributed by atoms with Crippen LogP contribution in [-0.2, 0) is 0 Å². The zero-order valence-corrected chi connectivity index (χ0v) is 15.9. The molecule has 0 atom stereocenters. The number of nitrogens with zero attached hydrogens (tertiary/aromatic N) is 7. The molecule has 0 amide bonds. The third-order valence-electron chi connectivity index (χ3n) is 4.59. The summed E-state index contributed by atoms with van der Waals surface area (Å²) < 4.78 is 1.50. The van der Waals surface area contributed by atoms with Gasteiger partial charge in [0.25, 0.3) is 0 Å². The Hall–Kier alpha value is -4.58. The minimum Gasteiger partial charge on any atom is -0.324 e. The molecule has 0 spiro atoms. The fraction of sp³-hybridized carbons (Fsp3) is 0.0476. The monoisotopic (exact) mass is 393 g/mol. The Labute approximate surface area is 170 Å². The molecule has 9 heteroatoms. The molecule has 5 aromatic rings. The van der Waals surface area contributed by atoms with Gasteiger partial charge in [-0.2, -0.15) is 10.4 Å². The first-order valence-electron chi connectivity index (χ1n) is 9.21. The first kappa shape index (κ1) is 17.5. The zero-order valence-electron chi connectivity index (χ0n) is 15.9. The minimum atomic E-state index is 0.283. The molecule has 0 fully saturated rings. The SMILES string of the molecule is Cc1nn2nc(-c3ccccc3)c(N=Nc3[nH]nc(-c4ccccc4)c3C#N)c2[nH]1. The number of azo groups is 1. The highest BCUT2D eigenvalue weighted by atomic mass is 15.5.